The summed E-state index contributed by atoms with van der Waals surface area (Å²) in [6, 6.07) is 5.73. The molecule has 3 nitrogen and oxygen atoms in total. The number of amides is 1. The molecule has 1 aliphatic heterocycles. The minimum absolute atomic E-state index is 0. The maximum atomic E-state index is 11.9. The van der Waals surface area contributed by atoms with Gasteiger partial charge < -0.3 is 10.6 Å². The zero-order chi connectivity index (χ0) is 11.5. The fraction of sp³-hybridized carbons (Fsp3) is 0.417. The fourth-order valence-electron chi connectivity index (χ4n) is 2.00. The number of nitrogens with two attached hydrogens (primary N) is 1. The molecule has 0 saturated heterocycles. The number of hydrogen-bond acceptors (Lipinski definition) is 2. The molecule has 2 rings (SSSR count). The van der Waals surface area contributed by atoms with Crippen molar-refractivity contribution in [3.63, 3.8) is 0 Å². The molecule has 0 radical (unpaired) electrons. The summed E-state index contributed by atoms with van der Waals surface area (Å²) >= 11 is 5.94. The lowest BCUT2D eigenvalue weighted by molar-refractivity contribution is -0.118. The van der Waals surface area contributed by atoms with Crippen molar-refractivity contribution in [2.45, 2.75) is 19.3 Å². The van der Waals surface area contributed by atoms with Gasteiger partial charge in [0.25, 0.3) is 0 Å². The molecule has 0 saturated carbocycles. The van der Waals surface area contributed by atoms with Gasteiger partial charge in [-0.1, -0.05) is 17.7 Å². The molecule has 0 aromatic heterocycles. The molecule has 0 spiro atoms. The molecule has 1 aliphatic rings. The molecule has 0 aliphatic carbocycles. The summed E-state index contributed by atoms with van der Waals surface area (Å²) < 4.78 is 0. The molecule has 1 amide bonds. The van der Waals surface area contributed by atoms with Crippen LogP contribution in [0, 0.1) is 0 Å². The summed E-state index contributed by atoms with van der Waals surface area (Å²) in [6.45, 7) is 1.32. The number of benzene rings is 1. The predicted molar refractivity (Wildman–Crippen MR) is 73.0 cm³/mol. The first kappa shape index (κ1) is 14.3. The van der Waals surface area contributed by atoms with Crippen LogP contribution in [-0.4, -0.2) is 19.0 Å². The summed E-state index contributed by atoms with van der Waals surface area (Å²) in [7, 11) is 0. The van der Waals surface area contributed by atoms with Gasteiger partial charge in [-0.3, -0.25) is 4.79 Å². The average molecular weight is 275 g/mol. The van der Waals surface area contributed by atoms with Gasteiger partial charge in [0.1, 0.15) is 0 Å². The molecule has 0 atom stereocenters. The number of anilines is 1. The van der Waals surface area contributed by atoms with Crippen molar-refractivity contribution in [2.75, 3.05) is 18.0 Å². The fourth-order valence-corrected chi connectivity index (χ4v) is 2.17. The lowest BCUT2D eigenvalue weighted by Gasteiger charge is -2.17. The highest BCUT2D eigenvalue weighted by atomic mass is 35.5. The first-order valence-electron chi connectivity index (χ1n) is 5.51. The van der Waals surface area contributed by atoms with Gasteiger partial charge in [0.05, 0.1) is 0 Å². The number of carbonyl (C=O) groups excluding carboxylic acids is 1. The lowest BCUT2D eigenvalue weighted by Crippen LogP contribution is -2.29. The topological polar surface area (TPSA) is 46.3 Å². The van der Waals surface area contributed by atoms with Crippen LogP contribution in [0.15, 0.2) is 18.2 Å². The average Bonchev–Trinajstić information content (AvgIpc) is 2.68. The number of rotatable bonds is 3. The van der Waals surface area contributed by atoms with Gasteiger partial charge in [0.15, 0.2) is 0 Å². The molecule has 2 N–H and O–H groups in total. The van der Waals surface area contributed by atoms with E-state index in [0.717, 1.165) is 25.1 Å². The van der Waals surface area contributed by atoms with Gasteiger partial charge in [0.2, 0.25) is 5.91 Å². The van der Waals surface area contributed by atoms with Crippen LogP contribution in [0.3, 0.4) is 0 Å². The van der Waals surface area contributed by atoms with E-state index in [4.69, 9.17) is 17.3 Å². The maximum absolute atomic E-state index is 11.9. The Morgan fingerprint density at radius 2 is 2.24 bits per heavy atom. The Balaban J connectivity index is 0.00000144. The number of halogens is 2. The van der Waals surface area contributed by atoms with Gasteiger partial charge in [0, 0.05) is 23.7 Å². The summed E-state index contributed by atoms with van der Waals surface area (Å²) in [5, 5.41) is 0.678. The van der Waals surface area contributed by atoms with Crippen LogP contribution in [0.2, 0.25) is 5.02 Å². The molecule has 0 bridgehead atoms. The zero-order valence-electron chi connectivity index (χ0n) is 9.49. The quantitative estimate of drug-likeness (QED) is 0.920. The minimum Gasteiger partial charge on any atom is -0.330 e. The largest absolute Gasteiger partial charge is 0.330 e. The van der Waals surface area contributed by atoms with Gasteiger partial charge in [-0.15, -0.1) is 12.4 Å². The predicted octanol–water partition coefficient (Wildman–Crippen LogP) is 2.39. The van der Waals surface area contributed by atoms with Crippen molar-refractivity contribution in [2.24, 2.45) is 5.73 Å². The van der Waals surface area contributed by atoms with Crippen molar-refractivity contribution in [1.29, 1.82) is 0 Å². The third-order valence-electron chi connectivity index (χ3n) is 2.84. The Kier molecular flexibility index (Phi) is 5.25. The SMILES string of the molecule is Cl.NCCCC(=O)N1CCc2ccc(Cl)cc21. The normalized spacial score (nSPS) is 13.2. The third-order valence-corrected chi connectivity index (χ3v) is 3.07. The maximum Gasteiger partial charge on any atom is 0.227 e. The van der Waals surface area contributed by atoms with E-state index in [9.17, 15) is 4.79 Å². The van der Waals surface area contributed by atoms with E-state index in [1.807, 2.05) is 23.1 Å². The van der Waals surface area contributed by atoms with Crippen LogP contribution in [0.1, 0.15) is 18.4 Å². The Morgan fingerprint density at radius 3 is 2.94 bits per heavy atom. The van der Waals surface area contributed by atoms with Crippen molar-refractivity contribution in [1.82, 2.24) is 0 Å². The zero-order valence-corrected chi connectivity index (χ0v) is 11.1. The summed E-state index contributed by atoms with van der Waals surface area (Å²) in [4.78, 5) is 13.7. The Morgan fingerprint density at radius 1 is 1.47 bits per heavy atom. The Hall–Kier alpha value is -0.770. The van der Waals surface area contributed by atoms with Crippen molar-refractivity contribution >= 4 is 35.6 Å². The second-order valence-electron chi connectivity index (χ2n) is 3.96. The number of nitrogens with zero attached hydrogens (tertiary/aromatic N) is 1. The number of hydrogen-bond donors (Lipinski definition) is 1. The van der Waals surface area contributed by atoms with Gasteiger partial charge >= 0.3 is 0 Å². The second-order valence-corrected chi connectivity index (χ2v) is 4.40. The monoisotopic (exact) mass is 274 g/mol. The van der Waals surface area contributed by atoms with Gasteiger partial charge in [-0.05, 0) is 37.1 Å². The smallest absolute Gasteiger partial charge is 0.227 e. The first-order valence-corrected chi connectivity index (χ1v) is 5.89. The van der Waals surface area contributed by atoms with Gasteiger partial charge in [-0.25, -0.2) is 0 Å². The molecule has 1 aromatic rings. The molecular formula is C12H16Cl2N2O. The van der Waals surface area contributed by atoms with Crippen molar-refractivity contribution < 1.29 is 4.79 Å². The Bertz CT molecular complexity index is 409. The van der Waals surface area contributed by atoms with E-state index in [0.29, 0.717) is 18.0 Å². The second kappa shape index (κ2) is 6.24. The molecule has 0 unspecified atom stereocenters. The van der Waals surface area contributed by atoms with E-state index in [2.05, 4.69) is 0 Å². The molecule has 5 heteroatoms. The van der Waals surface area contributed by atoms with Crippen LogP contribution >= 0.6 is 24.0 Å². The van der Waals surface area contributed by atoms with Crippen LogP contribution in [-0.2, 0) is 11.2 Å². The molecule has 94 valence electrons. The van der Waals surface area contributed by atoms with Crippen LogP contribution in [0.25, 0.3) is 0 Å². The highest BCUT2D eigenvalue weighted by Crippen LogP contribution is 2.31. The van der Waals surface area contributed by atoms with Crippen molar-refractivity contribution in [3.8, 4) is 0 Å². The van der Waals surface area contributed by atoms with E-state index >= 15 is 0 Å². The van der Waals surface area contributed by atoms with Crippen LogP contribution in [0.4, 0.5) is 5.69 Å². The summed E-state index contributed by atoms with van der Waals surface area (Å²) in [5.74, 6) is 0.145. The molecule has 17 heavy (non-hydrogen) atoms. The number of fused-ring (bicyclic) bond motifs is 1. The summed E-state index contributed by atoms with van der Waals surface area (Å²) in [5.41, 5.74) is 7.57. The molecule has 1 aromatic carbocycles. The first-order chi connectivity index (χ1) is 7.72. The molecule has 0 fully saturated rings. The van der Waals surface area contributed by atoms with Crippen LogP contribution < -0.4 is 10.6 Å². The lowest BCUT2D eigenvalue weighted by atomic mass is 10.2. The Labute approximate surface area is 112 Å². The minimum atomic E-state index is 0. The van der Waals surface area contributed by atoms with Crippen molar-refractivity contribution in [3.05, 3.63) is 28.8 Å². The van der Waals surface area contributed by atoms with Crippen LogP contribution in [0.5, 0.6) is 0 Å². The standard InChI is InChI=1S/C12H15ClN2O.ClH/c13-10-4-3-9-5-7-15(11(9)8-10)12(16)2-1-6-14;/h3-4,8H,1-2,5-7,14H2;1H. The highest BCUT2D eigenvalue weighted by Gasteiger charge is 2.23. The number of carbonyl (C=O) groups is 1. The molecular weight excluding hydrogens is 259 g/mol. The van der Waals surface area contributed by atoms with E-state index in [-0.39, 0.29) is 18.3 Å². The third kappa shape index (κ3) is 3.12. The summed E-state index contributed by atoms with van der Waals surface area (Å²) in [6.07, 6.45) is 2.18. The highest BCUT2D eigenvalue weighted by molar-refractivity contribution is 6.31. The molecule has 1 heterocycles. The van der Waals surface area contributed by atoms with Gasteiger partial charge in [-0.2, -0.15) is 0 Å². The van der Waals surface area contributed by atoms with E-state index in [1.54, 1.807) is 0 Å². The van der Waals surface area contributed by atoms with E-state index < -0.39 is 0 Å². The van der Waals surface area contributed by atoms with E-state index in [1.165, 1.54) is 5.56 Å².